The molecule has 274 valence electrons. The van der Waals surface area contributed by atoms with Crippen molar-refractivity contribution in [3.8, 4) is 30.6 Å². The van der Waals surface area contributed by atoms with Crippen LogP contribution in [0.25, 0.3) is 73.7 Å². The molecule has 0 saturated heterocycles. The number of benzene rings is 6. The minimum atomic E-state index is -3.89. The molecule has 6 aromatic carbocycles. The molecule has 2 aromatic heterocycles. The Kier molecular flexibility index (Phi) is 10.5. The smallest absolute Gasteiger partial charge is 0.305 e. The van der Waals surface area contributed by atoms with Crippen LogP contribution in [-0.2, 0) is 27.2 Å². The zero-order valence-electron chi connectivity index (χ0n) is 30.5. The minimum Gasteiger partial charge on any atom is -0.305 e. The second kappa shape index (κ2) is 15.3. The van der Waals surface area contributed by atoms with Crippen LogP contribution in [0.3, 0.4) is 0 Å². The van der Waals surface area contributed by atoms with Crippen molar-refractivity contribution in [2.24, 2.45) is 0 Å². The molecular formula is C44H40O6P2S2. The number of hydrogen-bond donors (Lipinski definition) is 0. The Morgan fingerprint density at radius 1 is 0.426 bits per heavy atom. The second-order valence-corrected chi connectivity index (χ2v) is 18.8. The molecule has 0 aliphatic carbocycles. The van der Waals surface area contributed by atoms with Gasteiger partial charge >= 0.3 is 15.2 Å². The average molecular weight is 791 g/mol. The van der Waals surface area contributed by atoms with E-state index in [0.717, 1.165) is 64.0 Å². The molecule has 0 bridgehead atoms. The van der Waals surface area contributed by atoms with Crippen LogP contribution in [0.1, 0.15) is 27.7 Å². The molecule has 0 N–H and O–H groups in total. The van der Waals surface area contributed by atoms with Crippen molar-refractivity contribution >= 4 is 91.6 Å². The Bertz CT molecular complexity index is 2450. The minimum absolute atomic E-state index is 0.181. The summed E-state index contributed by atoms with van der Waals surface area (Å²) in [6.45, 7) is 7.98. The van der Waals surface area contributed by atoms with E-state index in [-0.39, 0.29) is 26.4 Å². The van der Waals surface area contributed by atoms with Gasteiger partial charge in [0.2, 0.25) is 0 Å². The largest absolute Gasteiger partial charge is 0.362 e. The fraction of sp³-hybridized carbons (Fsp3) is 0.182. The maximum absolute atomic E-state index is 15.1. The fourth-order valence-corrected chi connectivity index (χ4v) is 14.4. The van der Waals surface area contributed by atoms with Gasteiger partial charge in [0.25, 0.3) is 0 Å². The predicted molar refractivity (Wildman–Crippen MR) is 230 cm³/mol. The summed E-state index contributed by atoms with van der Waals surface area (Å²) in [5.41, 5.74) is 2.05. The van der Waals surface area contributed by atoms with Gasteiger partial charge in [0.1, 0.15) is 0 Å². The Labute approximate surface area is 323 Å². The van der Waals surface area contributed by atoms with Crippen LogP contribution in [-0.4, -0.2) is 26.4 Å². The molecule has 0 radical (unpaired) electrons. The van der Waals surface area contributed by atoms with Gasteiger partial charge in [-0.2, -0.15) is 0 Å². The Hall–Kier alpha value is -3.94. The van der Waals surface area contributed by atoms with E-state index in [0.29, 0.717) is 20.4 Å². The molecule has 0 unspecified atom stereocenters. The molecule has 54 heavy (non-hydrogen) atoms. The molecule has 6 nitrogen and oxygen atoms in total. The first-order valence-corrected chi connectivity index (χ1v) is 22.9. The number of rotatable bonds is 13. The molecule has 2 heterocycles. The lowest BCUT2D eigenvalue weighted by atomic mass is 9.96. The van der Waals surface area contributed by atoms with E-state index in [1.165, 1.54) is 22.7 Å². The maximum Gasteiger partial charge on any atom is 0.362 e. The van der Waals surface area contributed by atoms with E-state index in [9.17, 15) is 0 Å². The van der Waals surface area contributed by atoms with Gasteiger partial charge in [-0.3, -0.25) is 9.13 Å². The molecule has 10 heteroatoms. The summed E-state index contributed by atoms with van der Waals surface area (Å²) in [5.74, 6) is 0. The highest BCUT2D eigenvalue weighted by Gasteiger charge is 2.39. The van der Waals surface area contributed by atoms with Crippen molar-refractivity contribution < 1.29 is 27.2 Å². The van der Waals surface area contributed by atoms with Crippen molar-refractivity contribution in [3.05, 3.63) is 121 Å². The predicted octanol–water partition coefficient (Wildman–Crippen LogP) is 13.2. The normalized spacial score (nSPS) is 12.4. The first-order valence-electron chi connectivity index (χ1n) is 18.2. The third kappa shape index (κ3) is 6.49. The van der Waals surface area contributed by atoms with Crippen molar-refractivity contribution in [1.29, 1.82) is 0 Å². The van der Waals surface area contributed by atoms with Gasteiger partial charge in [-0.25, -0.2) is 0 Å². The van der Waals surface area contributed by atoms with E-state index in [4.69, 9.17) is 18.1 Å². The van der Waals surface area contributed by atoms with Crippen LogP contribution in [0.4, 0.5) is 0 Å². The highest BCUT2D eigenvalue weighted by Crippen LogP contribution is 2.58. The summed E-state index contributed by atoms with van der Waals surface area (Å²) in [7, 11) is -7.79. The number of fused-ring (bicyclic) bond motifs is 4. The Morgan fingerprint density at radius 3 is 0.981 bits per heavy atom. The number of thiophene rings is 2. The van der Waals surface area contributed by atoms with Gasteiger partial charge in [-0.05, 0) is 95.1 Å². The summed E-state index contributed by atoms with van der Waals surface area (Å²) in [4.78, 5) is 3.10. The van der Waals surface area contributed by atoms with E-state index < -0.39 is 15.2 Å². The third-order valence-electron chi connectivity index (χ3n) is 9.45. The third-order valence-corrected chi connectivity index (χ3v) is 16.5. The van der Waals surface area contributed by atoms with Crippen LogP contribution in [0.15, 0.2) is 121 Å². The van der Waals surface area contributed by atoms with Crippen molar-refractivity contribution in [2.75, 3.05) is 26.4 Å². The van der Waals surface area contributed by atoms with E-state index in [1.54, 1.807) is 0 Å². The second-order valence-electron chi connectivity index (χ2n) is 12.7. The van der Waals surface area contributed by atoms with E-state index in [2.05, 4.69) is 60.7 Å². The maximum atomic E-state index is 15.1. The monoisotopic (exact) mass is 790 g/mol. The molecular weight excluding hydrogens is 751 g/mol. The summed E-state index contributed by atoms with van der Waals surface area (Å²) in [5, 5.41) is 9.53. The summed E-state index contributed by atoms with van der Waals surface area (Å²) in [6, 6.07) is 41.6. The molecule has 0 saturated carbocycles. The first kappa shape index (κ1) is 37.0. The lowest BCUT2D eigenvalue weighted by molar-refractivity contribution is 0.229. The fourth-order valence-electron chi connectivity index (χ4n) is 7.33. The van der Waals surface area contributed by atoms with Crippen LogP contribution < -0.4 is 10.6 Å². The van der Waals surface area contributed by atoms with E-state index >= 15 is 9.13 Å². The van der Waals surface area contributed by atoms with Crippen molar-refractivity contribution in [1.82, 2.24) is 0 Å². The SMILES string of the molecule is CCOP(=O)(OCC)c1cc(-c2c3ccccc3cc3ccccc23)sc1-c1sc(-c2c3ccccc3cc3ccccc23)cc1P(=O)(OCC)OCC. The lowest BCUT2D eigenvalue weighted by Gasteiger charge is -2.19. The molecule has 0 fully saturated rings. The average Bonchev–Trinajstić information content (AvgIpc) is 3.83. The van der Waals surface area contributed by atoms with Crippen LogP contribution in [0.5, 0.6) is 0 Å². The number of hydrogen-bond acceptors (Lipinski definition) is 8. The zero-order chi connectivity index (χ0) is 37.5. The molecule has 0 spiro atoms. The molecule has 0 aliphatic rings. The van der Waals surface area contributed by atoms with Gasteiger partial charge in [0, 0.05) is 20.9 Å². The summed E-state index contributed by atoms with van der Waals surface area (Å²) >= 11 is 3.00. The van der Waals surface area contributed by atoms with E-state index in [1.807, 2.05) is 88.4 Å². The summed E-state index contributed by atoms with van der Waals surface area (Å²) in [6.07, 6.45) is 0. The van der Waals surface area contributed by atoms with Gasteiger partial charge in [-0.15, -0.1) is 22.7 Å². The molecule has 0 atom stereocenters. The molecule has 0 aliphatic heterocycles. The van der Waals surface area contributed by atoms with Gasteiger partial charge < -0.3 is 18.1 Å². The highest BCUT2D eigenvalue weighted by atomic mass is 32.1. The van der Waals surface area contributed by atoms with Crippen LogP contribution >= 0.6 is 37.9 Å². The van der Waals surface area contributed by atoms with Gasteiger partial charge in [-0.1, -0.05) is 97.1 Å². The lowest BCUT2D eigenvalue weighted by Crippen LogP contribution is -2.15. The van der Waals surface area contributed by atoms with Crippen LogP contribution in [0, 0.1) is 0 Å². The molecule has 8 aromatic rings. The van der Waals surface area contributed by atoms with Crippen LogP contribution in [0.2, 0.25) is 0 Å². The molecule has 0 amide bonds. The van der Waals surface area contributed by atoms with Crippen molar-refractivity contribution in [2.45, 2.75) is 27.7 Å². The first-order chi connectivity index (χ1) is 26.3. The van der Waals surface area contributed by atoms with Crippen molar-refractivity contribution in [3.63, 3.8) is 0 Å². The Morgan fingerprint density at radius 2 is 0.704 bits per heavy atom. The Balaban J connectivity index is 1.50. The standard InChI is InChI=1S/C44H40O6P2S2/c1-5-47-51(45,48-6-2)37-27-39(41-33-21-13-9-17-29(33)25-30-18-10-14-22-34(30)41)53-43(37)44-38(52(46,49-7-3)50-8-4)28-40(54-44)42-35-23-15-11-19-31(35)26-32-20-12-16-24-36(32)42/h9-28H,5-8H2,1-4H3. The summed E-state index contributed by atoms with van der Waals surface area (Å²) < 4.78 is 54.4. The molecule has 8 rings (SSSR count). The highest BCUT2D eigenvalue weighted by molar-refractivity contribution is 7.64. The quantitative estimate of drug-likeness (QED) is 0.0856. The topological polar surface area (TPSA) is 71.1 Å². The zero-order valence-corrected chi connectivity index (χ0v) is 34.0. The van der Waals surface area contributed by atoms with Gasteiger partial charge in [0.05, 0.1) is 46.8 Å². The van der Waals surface area contributed by atoms with Gasteiger partial charge in [0.15, 0.2) is 0 Å².